The molecule has 1 aliphatic heterocycles. The average Bonchev–Trinajstić information content (AvgIpc) is 3.68. The Hall–Kier alpha value is -4.72. The summed E-state index contributed by atoms with van der Waals surface area (Å²) in [5.74, 6) is -0.296. The van der Waals surface area contributed by atoms with Gasteiger partial charge >= 0.3 is 5.69 Å². The molecule has 5 rings (SSSR count). The van der Waals surface area contributed by atoms with Gasteiger partial charge in [-0.15, -0.1) is 0 Å². The Balaban J connectivity index is 1.43. The molecule has 1 saturated heterocycles. The fourth-order valence-corrected chi connectivity index (χ4v) is 5.47. The van der Waals surface area contributed by atoms with Crippen molar-refractivity contribution in [1.29, 1.82) is 0 Å². The fourth-order valence-electron chi connectivity index (χ4n) is 5.47. The number of carbonyl (C=O) groups is 2. The van der Waals surface area contributed by atoms with E-state index in [1.807, 2.05) is 6.92 Å². The molecule has 4 aromatic rings. The first-order valence-corrected chi connectivity index (χ1v) is 15.2. The van der Waals surface area contributed by atoms with Crippen LogP contribution in [-0.4, -0.2) is 79.1 Å². The highest BCUT2D eigenvalue weighted by molar-refractivity contribution is 6.05. The summed E-state index contributed by atoms with van der Waals surface area (Å²) in [6.07, 6.45) is 6.60. The highest BCUT2D eigenvalue weighted by Gasteiger charge is 2.23. The maximum atomic E-state index is 13.5. The Morgan fingerprint density at radius 2 is 1.87 bits per heavy atom. The van der Waals surface area contributed by atoms with Gasteiger partial charge in [0.05, 0.1) is 5.56 Å². The van der Waals surface area contributed by atoms with Crippen molar-refractivity contribution in [3.63, 3.8) is 0 Å². The number of aromatic amines is 1. The number of carbonyl (C=O) groups excluding carboxylic acids is 2. The van der Waals surface area contributed by atoms with Crippen molar-refractivity contribution >= 4 is 28.8 Å². The maximum Gasteiger partial charge on any atom is 0.332 e. The van der Waals surface area contributed by atoms with Crippen LogP contribution in [0.1, 0.15) is 55.8 Å². The molecule has 13 nitrogen and oxygen atoms in total. The number of imidazole rings is 1. The standard InChI is InChI=1S/C31H37FN8O5/c1-3-13-39-28-26(30(43)40(31(39)44)16-4-5-18-45-2)35-27(36-28)21-10-12-24(34-19-21)38(17-7-15-37-14-6-8-25(37)41)29(42)22-9-11-23(32)33-20-22/h9-12,19-20H,3-8,13-18H2,1-2H3,(H,35,36). The second-order valence-electron chi connectivity index (χ2n) is 10.9. The second kappa shape index (κ2) is 14.4. The van der Waals surface area contributed by atoms with Crippen LogP contribution in [0.25, 0.3) is 22.6 Å². The predicted octanol–water partition coefficient (Wildman–Crippen LogP) is 2.98. The molecule has 5 heterocycles. The number of unbranched alkanes of at least 4 members (excludes halogenated alkanes) is 1. The number of ether oxygens (including phenoxy) is 1. The van der Waals surface area contributed by atoms with Gasteiger partial charge in [0.15, 0.2) is 5.65 Å². The van der Waals surface area contributed by atoms with Crippen molar-refractivity contribution in [3.05, 3.63) is 69.0 Å². The minimum absolute atomic E-state index is 0.103. The molecule has 1 N–H and O–H groups in total. The van der Waals surface area contributed by atoms with E-state index < -0.39 is 23.1 Å². The zero-order chi connectivity index (χ0) is 31.9. The van der Waals surface area contributed by atoms with Crippen LogP contribution in [0.5, 0.6) is 0 Å². The number of hydrogen-bond donors (Lipinski definition) is 1. The number of hydrogen-bond acceptors (Lipinski definition) is 8. The fraction of sp³-hybridized carbons (Fsp3) is 0.452. The lowest BCUT2D eigenvalue weighted by molar-refractivity contribution is -0.127. The van der Waals surface area contributed by atoms with Crippen molar-refractivity contribution in [2.75, 3.05) is 38.3 Å². The molecule has 45 heavy (non-hydrogen) atoms. The summed E-state index contributed by atoms with van der Waals surface area (Å²) in [6.45, 7) is 4.62. The van der Waals surface area contributed by atoms with Crippen LogP contribution in [0.4, 0.5) is 10.2 Å². The Labute approximate surface area is 258 Å². The number of aryl methyl sites for hydroxylation is 1. The Kier molecular flexibility index (Phi) is 10.1. The number of nitrogens with zero attached hydrogens (tertiary/aromatic N) is 7. The number of anilines is 1. The van der Waals surface area contributed by atoms with Crippen molar-refractivity contribution in [2.24, 2.45) is 0 Å². The van der Waals surface area contributed by atoms with Gasteiger partial charge in [-0.25, -0.2) is 19.7 Å². The van der Waals surface area contributed by atoms with E-state index in [-0.39, 0.29) is 35.7 Å². The molecule has 0 aromatic carbocycles. The molecule has 1 aliphatic rings. The Bertz CT molecular complexity index is 1760. The van der Waals surface area contributed by atoms with Crippen LogP contribution in [0.2, 0.25) is 0 Å². The monoisotopic (exact) mass is 620 g/mol. The number of nitrogens with one attached hydrogen (secondary N) is 1. The zero-order valence-electron chi connectivity index (χ0n) is 25.5. The Morgan fingerprint density at radius 1 is 1.02 bits per heavy atom. The lowest BCUT2D eigenvalue weighted by atomic mass is 10.2. The first-order valence-electron chi connectivity index (χ1n) is 15.2. The highest BCUT2D eigenvalue weighted by Crippen LogP contribution is 2.22. The summed E-state index contributed by atoms with van der Waals surface area (Å²) < 4.78 is 21.3. The highest BCUT2D eigenvalue weighted by atomic mass is 19.1. The SMILES string of the molecule is CCCn1c(=O)n(CCCCOC)c(=O)c2[nH]c(-c3ccc(N(CCCN4CCCC4=O)C(=O)c4ccc(F)nc4)nc3)nc21. The van der Waals surface area contributed by atoms with E-state index in [1.165, 1.54) is 32.5 Å². The van der Waals surface area contributed by atoms with Gasteiger partial charge in [-0.1, -0.05) is 6.92 Å². The molecule has 1 fully saturated rings. The molecule has 0 unspecified atom stereocenters. The maximum absolute atomic E-state index is 13.5. The third kappa shape index (κ3) is 7.00. The number of likely N-dealkylation sites (tertiary alicyclic amines) is 1. The van der Waals surface area contributed by atoms with E-state index in [0.29, 0.717) is 75.6 Å². The summed E-state index contributed by atoms with van der Waals surface area (Å²) in [6, 6.07) is 5.87. The summed E-state index contributed by atoms with van der Waals surface area (Å²) in [5.41, 5.74) is 0.406. The van der Waals surface area contributed by atoms with Crippen LogP contribution < -0.4 is 16.1 Å². The minimum atomic E-state index is -0.693. The molecule has 0 spiro atoms. The molecule has 0 radical (unpaired) electrons. The lowest BCUT2D eigenvalue weighted by Gasteiger charge is -2.23. The normalized spacial score (nSPS) is 13.2. The second-order valence-corrected chi connectivity index (χ2v) is 10.9. The van der Waals surface area contributed by atoms with E-state index in [0.717, 1.165) is 12.5 Å². The molecule has 0 aliphatic carbocycles. The van der Waals surface area contributed by atoms with Crippen LogP contribution in [0.3, 0.4) is 0 Å². The van der Waals surface area contributed by atoms with E-state index in [1.54, 1.807) is 24.1 Å². The van der Waals surface area contributed by atoms with E-state index in [4.69, 9.17) is 4.74 Å². The molecule has 238 valence electrons. The topological polar surface area (TPSA) is 148 Å². The molecule has 14 heteroatoms. The molecule has 4 aromatic heterocycles. The molecular weight excluding hydrogens is 583 g/mol. The molecule has 0 atom stereocenters. The van der Waals surface area contributed by atoms with Crippen LogP contribution in [0.15, 0.2) is 46.2 Å². The van der Waals surface area contributed by atoms with Gasteiger partial charge in [-0.05, 0) is 56.4 Å². The van der Waals surface area contributed by atoms with Gasteiger partial charge < -0.3 is 14.6 Å². The van der Waals surface area contributed by atoms with Gasteiger partial charge in [0.1, 0.15) is 17.2 Å². The molecule has 2 amide bonds. The number of fused-ring (bicyclic) bond motifs is 1. The van der Waals surface area contributed by atoms with Crippen molar-refractivity contribution in [1.82, 2.24) is 34.0 Å². The number of pyridine rings is 2. The van der Waals surface area contributed by atoms with E-state index in [2.05, 4.69) is 19.9 Å². The summed E-state index contributed by atoms with van der Waals surface area (Å²) in [5, 5.41) is 0. The zero-order valence-corrected chi connectivity index (χ0v) is 25.5. The smallest absolute Gasteiger partial charge is 0.332 e. The average molecular weight is 621 g/mol. The number of H-pyrrole nitrogens is 1. The van der Waals surface area contributed by atoms with Gasteiger partial charge in [-0.2, -0.15) is 4.39 Å². The summed E-state index contributed by atoms with van der Waals surface area (Å²) in [7, 11) is 1.61. The van der Waals surface area contributed by atoms with Crippen LogP contribution in [0, 0.1) is 5.95 Å². The van der Waals surface area contributed by atoms with Crippen molar-refractivity contribution in [2.45, 2.75) is 58.5 Å². The predicted molar refractivity (Wildman–Crippen MR) is 166 cm³/mol. The minimum Gasteiger partial charge on any atom is -0.385 e. The van der Waals surface area contributed by atoms with Gasteiger partial charge in [-0.3, -0.25) is 28.4 Å². The third-order valence-electron chi connectivity index (χ3n) is 7.79. The Morgan fingerprint density at radius 3 is 2.53 bits per heavy atom. The first kappa shape index (κ1) is 31.7. The molecule has 0 saturated carbocycles. The van der Waals surface area contributed by atoms with Gasteiger partial charge in [0.25, 0.3) is 11.5 Å². The van der Waals surface area contributed by atoms with Gasteiger partial charge in [0, 0.05) is 70.8 Å². The number of rotatable bonds is 14. The summed E-state index contributed by atoms with van der Waals surface area (Å²) >= 11 is 0. The number of amides is 2. The van der Waals surface area contributed by atoms with Crippen LogP contribution in [-0.2, 0) is 22.6 Å². The molecular formula is C31H37FN8O5. The third-order valence-corrected chi connectivity index (χ3v) is 7.79. The van der Waals surface area contributed by atoms with Crippen molar-refractivity contribution in [3.8, 4) is 11.4 Å². The quantitative estimate of drug-likeness (QED) is 0.167. The first-order chi connectivity index (χ1) is 21.8. The van der Waals surface area contributed by atoms with Gasteiger partial charge in [0.2, 0.25) is 11.9 Å². The molecule has 0 bridgehead atoms. The van der Waals surface area contributed by atoms with E-state index >= 15 is 0 Å². The number of methoxy groups -OCH3 is 1. The lowest BCUT2D eigenvalue weighted by Crippen LogP contribution is -2.40. The number of aromatic nitrogens is 6. The number of halogens is 1. The largest absolute Gasteiger partial charge is 0.385 e. The summed E-state index contributed by atoms with van der Waals surface area (Å²) in [4.78, 5) is 71.2. The van der Waals surface area contributed by atoms with Crippen LogP contribution >= 0.6 is 0 Å². The van der Waals surface area contributed by atoms with Crippen molar-refractivity contribution < 1.29 is 18.7 Å². The van der Waals surface area contributed by atoms with E-state index in [9.17, 15) is 23.6 Å².